The molecule has 1 aromatic carbocycles. The Morgan fingerprint density at radius 3 is 2.36 bits per heavy atom. The molecule has 0 bridgehead atoms. The first-order chi connectivity index (χ1) is 13.3. The van der Waals surface area contributed by atoms with Crippen molar-refractivity contribution in [3.05, 3.63) is 60.3 Å². The number of alkyl halides is 3. The topological polar surface area (TPSA) is 105 Å². The van der Waals surface area contributed by atoms with Gasteiger partial charge in [0, 0.05) is 0 Å². The van der Waals surface area contributed by atoms with Gasteiger partial charge < -0.3 is 15.2 Å². The summed E-state index contributed by atoms with van der Waals surface area (Å²) in [6, 6.07) is 9.00. The second kappa shape index (κ2) is 7.78. The van der Waals surface area contributed by atoms with Crippen LogP contribution in [0.15, 0.2) is 48.9 Å². The zero-order chi connectivity index (χ0) is 20.1. The van der Waals surface area contributed by atoms with Gasteiger partial charge in [-0.3, -0.25) is 0 Å². The van der Waals surface area contributed by atoms with E-state index in [0.29, 0.717) is 11.6 Å². The molecule has 0 aliphatic heterocycles. The zero-order valence-corrected chi connectivity index (χ0v) is 14.0. The lowest BCUT2D eigenvalue weighted by Crippen LogP contribution is -2.17. The van der Waals surface area contributed by atoms with E-state index in [2.05, 4.69) is 19.8 Å². The maximum Gasteiger partial charge on any atom is 0.573 e. The van der Waals surface area contributed by atoms with Crippen LogP contribution in [0.3, 0.4) is 0 Å². The maximum atomic E-state index is 12.2. The Morgan fingerprint density at radius 2 is 1.75 bits per heavy atom. The molecule has 11 heteroatoms. The number of rotatable bonds is 5. The summed E-state index contributed by atoms with van der Waals surface area (Å²) in [6.45, 7) is 0. The van der Waals surface area contributed by atoms with Gasteiger partial charge in [0.15, 0.2) is 11.6 Å². The summed E-state index contributed by atoms with van der Waals surface area (Å²) in [5.41, 5.74) is 5.72. The van der Waals surface area contributed by atoms with Gasteiger partial charge in [-0.15, -0.1) is 18.3 Å². The molecule has 0 radical (unpaired) electrons. The van der Waals surface area contributed by atoms with Gasteiger partial charge in [-0.05, 0) is 35.9 Å². The molecule has 2 heterocycles. The summed E-state index contributed by atoms with van der Waals surface area (Å²) in [5, 5.41) is 4.16. The average molecular weight is 391 g/mol. The van der Waals surface area contributed by atoms with Gasteiger partial charge in [-0.1, -0.05) is 18.2 Å². The summed E-state index contributed by atoms with van der Waals surface area (Å²) >= 11 is 0. The van der Waals surface area contributed by atoms with Crippen molar-refractivity contribution in [1.29, 1.82) is 0 Å². The highest BCUT2D eigenvalue weighted by Crippen LogP contribution is 2.22. The molecule has 0 saturated heterocycles. The summed E-state index contributed by atoms with van der Waals surface area (Å²) in [7, 11) is 0. The summed E-state index contributed by atoms with van der Waals surface area (Å²) < 4.78 is 46.3. The molecule has 8 nitrogen and oxygen atoms in total. The third-order valence-corrected chi connectivity index (χ3v) is 3.22. The van der Waals surface area contributed by atoms with Gasteiger partial charge in [0.2, 0.25) is 0 Å². The number of primary amides is 1. The Labute approximate surface area is 156 Å². The van der Waals surface area contributed by atoms with Crippen molar-refractivity contribution in [2.24, 2.45) is 5.73 Å². The molecule has 0 spiro atoms. The fraction of sp³-hybridized carbons (Fsp3) is 0.0588. The number of benzene rings is 1. The molecule has 2 aromatic heterocycles. The van der Waals surface area contributed by atoms with E-state index >= 15 is 0 Å². The van der Waals surface area contributed by atoms with Crippen LogP contribution in [0.5, 0.6) is 11.5 Å². The van der Waals surface area contributed by atoms with Gasteiger partial charge in [-0.25, -0.2) is 19.4 Å². The summed E-state index contributed by atoms with van der Waals surface area (Å²) in [5.74, 6) is 0.515. The highest BCUT2D eigenvalue weighted by molar-refractivity contribution is 5.69. The molecule has 3 rings (SSSR count). The largest absolute Gasteiger partial charge is 0.573 e. The Bertz CT molecular complexity index is 983. The molecule has 0 saturated carbocycles. The van der Waals surface area contributed by atoms with E-state index in [4.69, 9.17) is 10.5 Å². The standard InChI is InChI=1S/C17H12F3N5O3/c18-17(19,20)28-13-6-8-15(22-9-13)25-10-23-14(24-25)7-3-11-1-4-12(5-2-11)27-16(21)26/h1-10H,(H2,21,26). The lowest BCUT2D eigenvalue weighted by molar-refractivity contribution is -0.274. The van der Waals surface area contributed by atoms with Crippen molar-refractivity contribution in [2.45, 2.75) is 6.36 Å². The quantitative estimate of drug-likeness (QED) is 0.716. The zero-order valence-electron chi connectivity index (χ0n) is 14.0. The van der Waals surface area contributed by atoms with Crippen LogP contribution in [0.1, 0.15) is 11.4 Å². The van der Waals surface area contributed by atoms with Crippen LogP contribution in [0.2, 0.25) is 0 Å². The van der Waals surface area contributed by atoms with Crippen LogP contribution < -0.4 is 15.2 Å². The lowest BCUT2D eigenvalue weighted by Gasteiger charge is -2.08. The molecule has 0 aliphatic carbocycles. The van der Waals surface area contributed by atoms with Crippen molar-refractivity contribution in [1.82, 2.24) is 19.7 Å². The predicted molar refractivity (Wildman–Crippen MR) is 91.4 cm³/mol. The number of nitrogens with two attached hydrogens (primary N) is 1. The van der Waals surface area contributed by atoms with Crippen LogP contribution in [-0.4, -0.2) is 32.2 Å². The van der Waals surface area contributed by atoms with Crippen molar-refractivity contribution in [3.8, 4) is 17.3 Å². The number of ether oxygens (including phenoxy) is 2. The molecular weight excluding hydrogens is 379 g/mol. The van der Waals surface area contributed by atoms with E-state index < -0.39 is 18.2 Å². The molecule has 1 amide bonds. The van der Waals surface area contributed by atoms with E-state index in [1.807, 2.05) is 0 Å². The van der Waals surface area contributed by atoms with Crippen LogP contribution in [-0.2, 0) is 0 Å². The highest BCUT2D eigenvalue weighted by Gasteiger charge is 2.31. The first kappa shape index (κ1) is 18.9. The van der Waals surface area contributed by atoms with Crippen molar-refractivity contribution in [3.63, 3.8) is 0 Å². The van der Waals surface area contributed by atoms with Crippen molar-refractivity contribution in [2.75, 3.05) is 0 Å². The Morgan fingerprint density at radius 1 is 1.04 bits per heavy atom. The smallest absolute Gasteiger partial charge is 0.411 e. The minimum atomic E-state index is -4.78. The van der Waals surface area contributed by atoms with Gasteiger partial charge in [0.25, 0.3) is 0 Å². The van der Waals surface area contributed by atoms with Crippen LogP contribution >= 0.6 is 0 Å². The summed E-state index contributed by atoms with van der Waals surface area (Å²) in [4.78, 5) is 18.6. The number of carbonyl (C=O) groups is 1. The van der Waals surface area contributed by atoms with Crippen molar-refractivity contribution >= 4 is 18.2 Å². The Balaban J connectivity index is 1.66. The predicted octanol–water partition coefficient (Wildman–Crippen LogP) is 3.19. The SMILES string of the molecule is NC(=O)Oc1ccc(C=Cc2ncn(-c3ccc(OC(F)(F)F)cn3)n2)cc1. The molecule has 144 valence electrons. The molecular formula is C17H12F3N5O3. The number of halogens is 3. The van der Waals surface area contributed by atoms with E-state index in [1.54, 1.807) is 36.4 Å². The number of amides is 1. The Hall–Kier alpha value is -3.89. The number of hydrogen-bond acceptors (Lipinski definition) is 6. The Kier molecular flexibility index (Phi) is 5.25. The van der Waals surface area contributed by atoms with Gasteiger partial charge >= 0.3 is 12.5 Å². The van der Waals surface area contributed by atoms with E-state index in [1.165, 1.54) is 17.1 Å². The third kappa shape index (κ3) is 5.30. The first-order valence-electron chi connectivity index (χ1n) is 7.68. The number of nitrogens with zero attached hydrogens (tertiary/aromatic N) is 4. The normalized spacial score (nSPS) is 11.5. The second-order valence-electron chi connectivity index (χ2n) is 5.27. The lowest BCUT2D eigenvalue weighted by atomic mass is 10.2. The minimum Gasteiger partial charge on any atom is -0.411 e. The van der Waals surface area contributed by atoms with Crippen LogP contribution in [0.4, 0.5) is 18.0 Å². The van der Waals surface area contributed by atoms with E-state index in [0.717, 1.165) is 17.8 Å². The van der Waals surface area contributed by atoms with Gasteiger partial charge in [0.05, 0.1) is 6.20 Å². The molecule has 28 heavy (non-hydrogen) atoms. The molecule has 3 aromatic rings. The average Bonchev–Trinajstić information content (AvgIpc) is 3.09. The molecule has 0 unspecified atom stereocenters. The molecule has 0 atom stereocenters. The van der Waals surface area contributed by atoms with Crippen LogP contribution in [0, 0.1) is 0 Å². The molecule has 2 N–H and O–H groups in total. The monoisotopic (exact) mass is 391 g/mol. The number of aromatic nitrogens is 4. The number of carbonyl (C=O) groups excluding carboxylic acids is 1. The third-order valence-electron chi connectivity index (χ3n) is 3.22. The van der Waals surface area contributed by atoms with Gasteiger partial charge in [-0.2, -0.15) is 0 Å². The second-order valence-corrected chi connectivity index (χ2v) is 5.27. The van der Waals surface area contributed by atoms with E-state index in [-0.39, 0.29) is 5.82 Å². The molecule has 0 aliphatic rings. The minimum absolute atomic E-state index is 0.273. The fourth-order valence-electron chi connectivity index (χ4n) is 2.10. The maximum absolute atomic E-state index is 12.2. The first-order valence-corrected chi connectivity index (χ1v) is 7.68. The highest BCUT2D eigenvalue weighted by atomic mass is 19.4. The molecule has 0 fully saturated rings. The number of pyridine rings is 1. The number of hydrogen-bond donors (Lipinski definition) is 1. The van der Waals surface area contributed by atoms with E-state index in [9.17, 15) is 18.0 Å². The van der Waals surface area contributed by atoms with Crippen molar-refractivity contribution < 1.29 is 27.4 Å². The fourth-order valence-corrected chi connectivity index (χ4v) is 2.10. The summed E-state index contributed by atoms with van der Waals surface area (Å²) in [6.07, 6.45) is -0.0161. The van der Waals surface area contributed by atoms with Gasteiger partial charge in [0.1, 0.15) is 17.8 Å². The van der Waals surface area contributed by atoms with Crippen LogP contribution in [0.25, 0.3) is 18.0 Å².